The number of hydrogen-bond donors (Lipinski definition) is 2. The van der Waals surface area contributed by atoms with Gasteiger partial charge in [0, 0.05) is 22.6 Å². The van der Waals surface area contributed by atoms with Crippen LogP contribution in [0.4, 0.5) is 0 Å². The molecule has 1 aromatic rings. The van der Waals surface area contributed by atoms with Crippen LogP contribution in [0, 0.1) is 12.3 Å². The molecule has 0 radical (unpaired) electrons. The first-order chi connectivity index (χ1) is 8.35. The summed E-state index contributed by atoms with van der Waals surface area (Å²) in [7, 11) is 0. The third kappa shape index (κ3) is 3.04. The Balaban J connectivity index is 1.93. The molecular weight excluding hydrogens is 228 g/mol. The lowest BCUT2D eigenvalue weighted by atomic mass is 10.0. The summed E-state index contributed by atoms with van der Waals surface area (Å²) in [5.41, 5.74) is 4.39. The first kappa shape index (κ1) is 12.5. The van der Waals surface area contributed by atoms with Crippen molar-refractivity contribution in [3.8, 4) is 12.3 Å². The van der Waals surface area contributed by atoms with E-state index in [1.54, 1.807) is 0 Å². The maximum absolute atomic E-state index is 5.65. The van der Waals surface area contributed by atoms with Gasteiger partial charge in [-0.05, 0) is 30.9 Å². The molecule has 1 aliphatic heterocycles. The van der Waals surface area contributed by atoms with Gasteiger partial charge in [-0.2, -0.15) is 0 Å². The molecule has 0 aromatic heterocycles. The number of nitrogens with two attached hydrogens (primary N) is 1. The number of unbranched alkanes of at least 4 members (excludes halogenated alkanes) is 1. The van der Waals surface area contributed by atoms with Gasteiger partial charge in [0.05, 0.1) is 0 Å². The molecule has 1 heterocycles. The third-order valence-electron chi connectivity index (χ3n) is 3.17. The Bertz CT molecular complexity index is 386. The second-order valence-corrected chi connectivity index (χ2v) is 5.62. The second kappa shape index (κ2) is 6.11. The van der Waals surface area contributed by atoms with Crippen molar-refractivity contribution in [1.82, 2.24) is 5.43 Å². The highest BCUT2D eigenvalue weighted by atomic mass is 32.2. The quantitative estimate of drug-likeness (QED) is 0.362. The highest BCUT2D eigenvalue weighted by molar-refractivity contribution is 8.00. The van der Waals surface area contributed by atoms with Crippen LogP contribution in [-0.4, -0.2) is 11.3 Å². The molecule has 1 aromatic carbocycles. The summed E-state index contributed by atoms with van der Waals surface area (Å²) < 4.78 is 0. The normalized spacial score (nSPS) is 19.6. The zero-order valence-electron chi connectivity index (χ0n) is 9.86. The van der Waals surface area contributed by atoms with Crippen molar-refractivity contribution in [3.63, 3.8) is 0 Å². The lowest BCUT2D eigenvalue weighted by Crippen LogP contribution is -2.42. The number of hydrogen-bond acceptors (Lipinski definition) is 3. The summed E-state index contributed by atoms with van der Waals surface area (Å²) in [6, 6.07) is 8.94. The van der Waals surface area contributed by atoms with E-state index in [9.17, 15) is 0 Å². The smallest absolute Gasteiger partial charge is 0.0336 e. The topological polar surface area (TPSA) is 38.0 Å². The number of hydrazine groups is 1. The van der Waals surface area contributed by atoms with Crippen molar-refractivity contribution in [1.29, 1.82) is 0 Å². The van der Waals surface area contributed by atoms with Crippen LogP contribution < -0.4 is 11.3 Å². The molecule has 2 atom stereocenters. The van der Waals surface area contributed by atoms with Crippen LogP contribution in [0.3, 0.4) is 0 Å². The molecule has 17 heavy (non-hydrogen) atoms. The molecule has 2 rings (SSSR count). The molecule has 1 aliphatic rings. The van der Waals surface area contributed by atoms with Gasteiger partial charge in [0.2, 0.25) is 0 Å². The van der Waals surface area contributed by atoms with E-state index in [-0.39, 0.29) is 0 Å². The minimum atomic E-state index is 0.348. The molecule has 0 saturated heterocycles. The molecule has 0 bridgehead atoms. The largest absolute Gasteiger partial charge is 0.271 e. The van der Waals surface area contributed by atoms with Crippen LogP contribution in [0.1, 0.15) is 24.8 Å². The Labute approximate surface area is 107 Å². The van der Waals surface area contributed by atoms with E-state index < -0.39 is 0 Å². The first-order valence-corrected chi connectivity index (χ1v) is 6.87. The van der Waals surface area contributed by atoms with E-state index in [0.29, 0.717) is 11.3 Å². The van der Waals surface area contributed by atoms with Crippen LogP contribution >= 0.6 is 11.8 Å². The predicted molar refractivity (Wildman–Crippen MR) is 73.6 cm³/mol. The molecule has 0 amide bonds. The van der Waals surface area contributed by atoms with Crippen molar-refractivity contribution in [2.75, 3.05) is 0 Å². The van der Waals surface area contributed by atoms with Gasteiger partial charge in [-0.15, -0.1) is 24.1 Å². The van der Waals surface area contributed by atoms with Crippen LogP contribution in [0.25, 0.3) is 0 Å². The third-order valence-corrected chi connectivity index (χ3v) is 4.62. The number of thioether (sulfide) groups is 1. The molecular formula is C14H18N2S. The maximum Gasteiger partial charge on any atom is 0.0336 e. The fourth-order valence-corrected chi connectivity index (χ4v) is 3.66. The molecule has 2 unspecified atom stereocenters. The molecule has 0 saturated carbocycles. The van der Waals surface area contributed by atoms with Gasteiger partial charge in [-0.25, -0.2) is 0 Å². The van der Waals surface area contributed by atoms with Crippen molar-refractivity contribution in [3.05, 3.63) is 29.8 Å². The van der Waals surface area contributed by atoms with Crippen LogP contribution in [0.5, 0.6) is 0 Å². The zero-order chi connectivity index (χ0) is 12.1. The average Bonchev–Trinajstić information content (AvgIpc) is 2.78. The van der Waals surface area contributed by atoms with E-state index in [1.165, 1.54) is 10.5 Å². The second-order valence-electron chi connectivity index (χ2n) is 4.34. The van der Waals surface area contributed by atoms with Gasteiger partial charge in [0.15, 0.2) is 0 Å². The van der Waals surface area contributed by atoms with Crippen molar-refractivity contribution < 1.29 is 0 Å². The van der Waals surface area contributed by atoms with E-state index in [0.717, 1.165) is 25.7 Å². The highest BCUT2D eigenvalue weighted by Crippen LogP contribution is 2.38. The molecule has 2 nitrogen and oxygen atoms in total. The van der Waals surface area contributed by atoms with Gasteiger partial charge >= 0.3 is 0 Å². The number of fused-ring (bicyclic) bond motifs is 1. The minimum absolute atomic E-state index is 0.348. The lowest BCUT2D eigenvalue weighted by molar-refractivity contribution is 0.467. The summed E-state index contributed by atoms with van der Waals surface area (Å²) in [6.45, 7) is 0. The van der Waals surface area contributed by atoms with E-state index in [2.05, 4.69) is 35.6 Å². The number of nitrogens with one attached hydrogen (secondary N) is 1. The molecule has 90 valence electrons. The number of terminal acetylenes is 1. The Morgan fingerprint density at radius 1 is 1.53 bits per heavy atom. The fraction of sp³-hybridized carbons (Fsp3) is 0.429. The Morgan fingerprint density at radius 3 is 3.06 bits per heavy atom. The number of benzene rings is 1. The standard InChI is InChI=1S/C14H18N2S/c1-2-3-4-8-12(16-15)14-10-11-7-5-6-9-13(11)17-14/h1,5-7,9,12,14,16H,3-4,8,10,15H2. The highest BCUT2D eigenvalue weighted by Gasteiger charge is 2.28. The van der Waals surface area contributed by atoms with E-state index in [4.69, 9.17) is 12.3 Å². The molecule has 3 N–H and O–H groups in total. The summed E-state index contributed by atoms with van der Waals surface area (Å²) in [5, 5.41) is 0.537. The summed E-state index contributed by atoms with van der Waals surface area (Å²) >= 11 is 1.93. The molecule has 0 fully saturated rings. The fourth-order valence-electron chi connectivity index (χ4n) is 2.23. The van der Waals surface area contributed by atoms with Crippen LogP contribution in [0.2, 0.25) is 0 Å². The maximum atomic E-state index is 5.65. The molecule has 0 aliphatic carbocycles. The average molecular weight is 246 g/mol. The summed E-state index contributed by atoms with van der Waals surface area (Å²) in [6.07, 6.45) is 9.30. The van der Waals surface area contributed by atoms with Gasteiger partial charge in [0.1, 0.15) is 0 Å². The monoisotopic (exact) mass is 246 g/mol. The Morgan fingerprint density at radius 2 is 2.35 bits per heavy atom. The van der Waals surface area contributed by atoms with Gasteiger partial charge < -0.3 is 0 Å². The predicted octanol–water partition coefficient (Wildman–Crippen LogP) is 2.34. The van der Waals surface area contributed by atoms with Crippen molar-refractivity contribution >= 4 is 11.8 Å². The molecule has 0 spiro atoms. The first-order valence-electron chi connectivity index (χ1n) is 5.99. The zero-order valence-corrected chi connectivity index (χ0v) is 10.7. The van der Waals surface area contributed by atoms with Crippen molar-refractivity contribution in [2.24, 2.45) is 5.84 Å². The lowest BCUT2D eigenvalue weighted by Gasteiger charge is -2.21. The Hall–Kier alpha value is -0.950. The van der Waals surface area contributed by atoms with Crippen molar-refractivity contribution in [2.45, 2.75) is 41.9 Å². The Kier molecular flexibility index (Phi) is 4.49. The SMILES string of the molecule is C#CCCCC(NN)C1Cc2ccccc2S1. The van der Waals surface area contributed by atoms with Gasteiger partial charge in [-0.1, -0.05) is 18.2 Å². The van der Waals surface area contributed by atoms with E-state index in [1.807, 2.05) is 11.8 Å². The van der Waals surface area contributed by atoms with Crippen LogP contribution in [-0.2, 0) is 6.42 Å². The summed E-state index contributed by atoms with van der Waals surface area (Å²) in [4.78, 5) is 1.40. The van der Waals surface area contributed by atoms with Crippen LogP contribution in [0.15, 0.2) is 29.2 Å². The van der Waals surface area contributed by atoms with Gasteiger partial charge in [0.25, 0.3) is 0 Å². The summed E-state index contributed by atoms with van der Waals surface area (Å²) in [5.74, 6) is 8.33. The molecule has 3 heteroatoms. The van der Waals surface area contributed by atoms with E-state index >= 15 is 0 Å². The van der Waals surface area contributed by atoms with Gasteiger partial charge in [-0.3, -0.25) is 11.3 Å². The minimum Gasteiger partial charge on any atom is -0.271 e. The number of rotatable bonds is 5.